The lowest BCUT2D eigenvalue weighted by Gasteiger charge is -2.09. The van der Waals surface area contributed by atoms with E-state index in [2.05, 4.69) is 15.0 Å². The fourth-order valence-corrected chi connectivity index (χ4v) is 3.98. The first kappa shape index (κ1) is 20.1. The van der Waals surface area contributed by atoms with Gasteiger partial charge < -0.3 is 10.1 Å². The molecule has 0 bridgehead atoms. The van der Waals surface area contributed by atoms with Crippen LogP contribution in [0, 0.1) is 5.82 Å². The van der Waals surface area contributed by atoms with E-state index >= 15 is 0 Å². The standard InChI is InChI=1S/C17H13ClFN3O4S2/c18-14-6-3-12(9-15(14)19)26-10-16(23)21-11-1-4-13(5-2-11)28(24,25)22-17-20-7-8-27-17/h1-9H,10H2,(H,20,22)(H,21,23). The predicted molar refractivity (Wildman–Crippen MR) is 105 cm³/mol. The maximum Gasteiger partial charge on any atom is 0.263 e. The summed E-state index contributed by atoms with van der Waals surface area (Å²) in [6.45, 7) is -0.354. The highest BCUT2D eigenvalue weighted by atomic mass is 35.5. The molecule has 2 aromatic carbocycles. The molecule has 0 fully saturated rings. The highest BCUT2D eigenvalue weighted by Gasteiger charge is 2.15. The Bertz CT molecular complexity index is 1070. The predicted octanol–water partition coefficient (Wildman–Crippen LogP) is 3.75. The number of ether oxygens (including phenoxy) is 1. The number of carbonyl (C=O) groups excluding carboxylic acids is 1. The van der Waals surface area contributed by atoms with Crippen LogP contribution in [0.3, 0.4) is 0 Å². The summed E-state index contributed by atoms with van der Waals surface area (Å²) in [7, 11) is -3.77. The van der Waals surface area contributed by atoms with E-state index in [4.69, 9.17) is 16.3 Å². The van der Waals surface area contributed by atoms with E-state index < -0.39 is 21.7 Å². The van der Waals surface area contributed by atoms with Crippen molar-refractivity contribution in [3.8, 4) is 5.75 Å². The third kappa shape index (κ3) is 5.18. The van der Waals surface area contributed by atoms with Gasteiger partial charge in [-0.25, -0.2) is 17.8 Å². The zero-order valence-corrected chi connectivity index (χ0v) is 16.4. The number of aromatic nitrogens is 1. The van der Waals surface area contributed by atoms with Gasteiger partial charge in [-0.1, -0.05) is 11.6 Å². The first-order valence-electron chi connectivity index (χ1n) is 7.73. The van der Waals surface area contributed by atoms with Crippen molar-refractivity contribution in [3.63, 3.8) is 0 Å². The molecule has 1 amide bonds. The summed E-state index contributed by atoms with van der Waals surface area (Å²) >= 11 is 6.73. The minimum atomic E-state index is -3.77. The van der Waals surface area contributed by atoms with Crippen LogP contribution in [0.2, 0.25) is 5.02 Å². The number of anilines is 2. The van der Waals surface area contributed by atoms with Crippen LogP contribution in [-0.4, -0.2) is 25.9 Å². The molecule has 0 atom stereocenters. The Morgan fingerprint density at radius 3 is 2.61 bits per heavy atom. The number of hydrogen-bond acceptors (Lipinski definition) is 6. The third-order valence-electron chi connectivity index (χ3n) is 3.36. The van der Waals surface area contributed by atoms with Crippen molar-refractivity contribution in [1.29, 1.82) is 0 Å². The van der Waals surface area contributed by atoms with Gasteiger partial charge in [0.05, 0.1) is 9.92 Å². The molecule has 0 aliphatic rings. The number of amides is 1. The molecule has 0 saturated carbocycles. The molecule has 146 valence electrons. The number of benzene rings is 2. The number of nitrogens with zero attached hydrogens (tertiary/aromatic N) is 1. The zero-order chi connectivity index (χ0) is 20.1. The Morgan fingerprint density at radius 1 is 1.21 bits per heavy atom. The van der Waals surface area contributed by atoms with Gasteiger partial charge in [-0.15, -0.1) is 11.3 Å². The zero-order valence-electron chi connectivity index (χ0n) is 14.1. The monoisotopic (exact) mass is 441 g/mol. The lowest BCUT2D eigenvalue weighted by Crippen LogP contribution is -2.20. The van der Waals surface area contributed by atoms with Crippen molar-refractivity contribution in [1.82, 2.24) is 4.98 Å². The van der Waals surface area contributed by atoms with Crippen LogP contribution in [0.1, 0.15) is 0 Å². The molecule has 0 aliphatic carbocycles. The summed E-state index contributed by atoms with van der Waals surface area (Å²) in [4.78, 5) is 15.8. The van der Waals surface area contributed by atoms with Crippen molar-refractivity contribution in [2.75, 3.05) is 16.6 Å². The van der Waals surface area contributed by atoms with Gasteiger partial charge in [0, 0.05) is 23.3 Å². The van der Waals surface area contributed by atoms with Gasteiger partial charge in [-0.2, -0.15) is 0 Å². The van der Waals surface area contributed by atoms with E-state index in [0.717, 1.165) is 17.4 Å². The average molecular weight is 442 g/mol. The van der Waals surface area contributed by atoms with Crippen LogP contribution in [0.25, 0.3) is 0 Å². The van der Waals surface area contributed by atoms with Crippen molar-refractivity contribution >= 4 is 49.7 Å². The fourth-order valence-electron chi connectivity index (χ4n) is 2.08. The summed E-state index contributed by atoms with van der Waals surface area (Å²) in [5.74, 6) is -0.985. The normalized spacial score (nSPS) is 11.1. The highest BCUT2D eigenvalue weighted by molar-refractivity contribution is 7.93. The maximum absolute atomic E-state index is 13.3. The molecule has 1 aromatic heterocycles. The Balaban J connectivity index is 1.57. The van der Waals surface area contributed by atoms with Crippen molar-refractivity contribution < 1.29 is 22.3 Å². The molecule has 1 heterocycles. The lowest BCUT2D eigenvalue weighted by molar-refractivity contribution is -0.118. The molecular weight excluding hydrogens is 429 g/mol. The number of thiazole rings is 1. The van der Waals surface area contributed by atoms with Crippen molar-refractivity contribution in [2.45, 2.75) is 4.90 Å². The second kappa shape index (κ2) is 8.55. The smallest absolute Gasteiger partial charge is 0.263 e. The van der Waals surface area contributed by atoms with Crippen molar-refractivity contribution in [2.24, 2.45) is 0 Å². The van der Waals surface area contributed by atoms with E-state index in [1.54, 1.807) is 5.38 Å². The first-order chi connectivity index (χ1) is 13.3. The van der Waals surface area contributed by atoms with Gasteiger partial charge in [-0.3, -0.25) is 9.52 Å². The number of carbonyl (C=O) groups is 1. The van der Waals surface area contributed by atoms with E-state index in [1.807, 2.05) is 0 Å². The highest BCUT2D eigenvalue weighted by Crippen LogP contribution is 2.21. The molecule has 28 heavy (non-hydrogen) atoms. The van der Waals surface area contributed by atoms with Gasteiger partial charge in [0.25, 0.3) is 15.9 Å². The molecule has 3 aromatic rings. The lowest BCUT2D eigenvalue weighted by atomic mass is 10.3. The quantitative estimate of drug-likeness (QED) is 0.582. The fraction of sp³-hybridized carbons (Fsp3) is 0.0588. The Kier molecular flexibility index (Phi) is 6.12. The average Bonchev–Trinajstić information content (AvgIpc) is 3.15. The number of sulfonamides is 1. The van der Waals surface area contributed by atoms with E-state index in [9.17, 15) is 17.6 Å². The van der Waals surface area contributed by atoms with Gasteiger partial charge in [0.15, 0.2) is 11.7 Å². The summed E-state index contributed by atoms with van der Waals surface area (Å²) in [5.41, 5.74) is 0.379. The largest absolute Gasteiger partial charge is 0.484 e. The second-order valence-electron chi connectivity index (χ2n) is 5.38. The van der Waals surface area contributed by atoms with Crippen LogP contribution < -0.4 is 14.8 Å². The summed E-state index contributed by atoms with van der Waals surface area (Å²) in [6, 6.07) is 9.41. The molecule has 0 aliphatic heterocycles. The molecule has 7 nitrogen and oxygen atoms in total. The van der Waals surface area contributed by atoms with E-state index in [1.165, 1.54) is 42.6 Å². The van der Waals surface area contributed by atoms with Crippen LogP contribution in [-0.2, 0) is 14.8 Å². The van der Waals surface area contributed by atoms with Crippen LogP contribution in [0.4, 0.5) is 15.2 Å². The third-order valence-corrected chi connectivity index (χ3v) is 5.84. The van der Waals surface area contributed by atoms with Gasteiger partial charge >= 0.3 is 0 Å². The molecule has 3 rings (SSSR count). The number of rotatable bonds is 7. The van der Waals surface area contributed by atoms with Crippen LogP contribution >= 0.6 is 22.9 Å². The Hall–Kier alpha value is -2.69. The van der Waals surface area contributed by atoms with Gasteiger partial charge in [0.1, 0.15) is 11.6 Å². The van der Waals surface area contributed by atoms with Crippen LogP contribution in [0.5, 0.6) is 5.75 Å². The molecule has 0 spiro atoms. The number of halogens is 2. The summed E-state index contributed by atoms with van der Waals surface area (Å²) in [5, 5.41) is 4.42. The Labute approximate surface area is 169 Å². The first-order valence-corrected chi connectivity index (χ1v) is 10.5. The molecule has 11 heteroatoms. The molecule has 0 saturated heterocycles. The van der Waals surface area contributed by atoms with Crippen LogP contribution in [0.15, 0.2) is 58.9 Å². The minimum Gasteiger partial charge on any atom is -0.484 e. The van der Waals surface area contributed by atoms with Gasteiger partial charge in [-0.05, 0) is 36.4 Å². The summed E-state index contributed by atoms with van der Waals surface area (Å²) < 4.78 is 45.4. The molecule has 2 N–H and O–H groups in total. The Morgan fingerprint density at radius 2 is 1.96 bits per heavy atom. The summed E-state index contributed by atoms with van der Waals surface area (Å²) in [6.07, 6.45) is 1.49. The SMILES string of the molecule is O=C(COc1ccc(Cl)c(F)c1)Nc1ccc(S(=O)(=O)Nc2nccs2)cc1. The van der Waals surface area contributed by atoms with E-state index in [-0.39, 0.29) is 27.4 Å². The molecule has 0 radical (unpaired) electrons. The minimum absolute atomic E-state index is 0.0218. The van der Waals surface area contributed by atoms with Crippen molar-refractivity contribution in [3.05, 3.63) is 64.9 Å². The second-order valence-corrected chi connectivity index (χ2v) is 8.36. The molecule has 0 unspecified atom stereocenters. The number of nitrogens with one attached hydrogen (secondary N) is 2. The van der Waals surface area contributed by atoms with Gasteiger partial charge in [0.2, 0.25) is 0 Å². The molecular formula is C17H13ClFN3O4S2. The number of hydrogen-bond donors (Lipinski definition) is 2. The van der Waals surface area contributed by atoms with E-state index in [0.29, 0.717) is 5.69 Å². The maximum atomic E-state index is 13.3. The topological polar surface area (TPSA) is 97.4 Å².